The monoisotopic (exact) mass is 477 g/mol. The molecule has 9 nitrogen and oxygen atoms in total. The van der Waals surface area contributed by atoms with Crippen LogP contribution in [0.1, 0.15) is 66.5 Å². The molecule has 1 atom stereocenters. The largest absolute Gasteiger partial charge is 0.435 e. The number of nitrogens with zero attached hydrogens (tertiary/aromatic N) is 4. The molecule has 0 bridgehead atoms. The molecule has 1 unspecified atom stereocenters. The molecule has 0 spiro atoms. The summed E-state index contributed by atoms with van der Waals surface area (Å²) in [6.07, 6.45) is 3.16. The molecule has 0 saturated heterocycles. The van der Waals surface area contributed by atoms with E-state index in [9.17, 15) is 14.7 Å². The van der Waals surface area contributed by atoms with Gasteiger partial charge in [0, 0.05) is 42.1 Å². The highest BCUT2D eigenvalue weighted by Gasteiger charge is 2.41. The fourth-order valence-electron chi connectivity index (χ4n) is 4.16. The number of aliphatic hydroxyl groups is 1. The minimum atomic E-state index is -1.07. The maximum absolute atomic E-state index is 14.0. The topological polar surface area (TPSA) is 110 Å². The second-order valence-corrected chi connectivity index (χ2v) is 9.64. The van der Waals surface area contributed by atoms with Crippen LogP contribution in [0.5, 0.6) is 11.6 Å². The van der Waals surface area contributed by atoms with Crippen LogP contribution in [0.4, 0.5) is 0 Å². The summed E-state index contributed by atoms with van der Waals surface area (Å²) in [5.41, 5.74) is 1.90. The Balaban J connectivity index is 2.00. The number of carbonyl (C=O) groups excluding carboxylic acids is 2. The fourth-order valence-corrected chi connectivity index (χ4v) is 4.16. The van der Waals surface area contributed by atoms with E-state index in [4.69, 9.17) is 4.74 Å². The van der Waals surface area contributed by atoms with E-state index in [1.54, 1.807) is 17.8 Å². The van der Waals surface area contributed by atoms with Crippen LogP contribution in [-0.2, 0) is 24.5 Å². The number of hydrogen-bond donors (Lipinski definition) is 2. The third-order valence-corrected chi connectivity index (χ3v) is 5.77. The first-order valence-electron chi connectivity index (χ1n) is 11.6. The van der Waals surface area contributed by atoms with Crippen molar-refractivity contribution in [2.75, 3.05) is 0 Å². The molecule has 35 heavy (non-hydrogen) atoms. The first-order chi connectivity index (χ1) is 16.6. The van der Waals surface area contributed by atoms with E-state index in [1.165, 1.54) is 11.1 Å². The highest BCUT2D eigenvalue weighted by molar-refractivity contribution is 6.00. The Morgan fingerprint density at radius 2 is 1.94 bits per heavy atom. The van der Waals surface area contributed by atoms with Gasteiger partial charge >= 0.3 is 0 Å². The molecule has 0 fully saturated rings. The summed E-state index contributed by atoms with van der Waals surface area (Å²) in [4.78, 5) is 33.8. The van der Waals surface area contributed by atoms with Gasteiger partial charge in [-0.3, -0.25) is 19.3 Å². The molecule has 1 aliphatic rings. The maximum atomic E-state index is 14.0. The van der Waals surface area contributed by atoms with Crippen LogP contribution in [-0.4, -0.2) is 42.1 Å². The lowest BCUT2D eigenvalue weighted by molar-refractivity contribution is -0.127. The maximum Gasteiger partial charge on any atom is 0.262 e. The lowest BCUT2D eigenvalue weighted by Crippen LogP contribution is -2.49. The summed E-state index contributed by atoms with van der Waals surface area (Å²) in [6.45, 7) is 9.65. The number of hydrogen-bond acceptors (Lipinski definition) is 6. The molecule has 184 valence electrons. The zero-order chi connectivity index (χ0) is 25.3. The Labute approximate surface area is 204 Å². The predicted molar refractivity (Wildman–Crippen MR) is 130 cm³/mol. The van der Waals surface area contributed by atoms with E-state index < -0.39 is 11.6 Å². The molecule has 2 aromatic heterocycles. The standard InChI is InChI=1S/C26H31N5O4/c1-6-30-14-19-24(29-30)35-22-16(2)27-12-18(15-32)20(22)21(23(33)28-26(3,4)5)31(25(19)34)13-17-10-8-7-9-11-17/h7-12,14,21,32H,6,13,15H2,1-5H3,(H,28,33). The number of aliphatic hydroxyl groups excluding tert-OH is 1. The summed E-state index contributed by atoms with van der Waals surface area (Å²) >= 11 is 0. The lowest BCUT2D eigenvalue weighted by atomic mass is 9.95. The van der Waals surface area contributed by atoms with Crippen molar-refractivity contribution in [2.24, 2.45) is 0 Å². The van der Waals surface area contributed by atoms with Crippen molar-refractivity contribution in [3.8, 4) is 11.6 Å². The second-order valence-electron chi connectivity index (χ2n) is 9.64. The zero-order valence-electron chi connectivity index (χ0n) is 20.7. The first kappa shape index (κ1) is 24.4. The van der Waals surface area contributed by atoms with Crippen molar-refractivity contribution in [1.29, 1.82) is 0 Å². The van der Waals surface area contributed by atoms with Gasteiger partial charge in [-0.1, -0.05) is 30.3 Å². The average Bonchev–Trinajstić information content (AvgIpc) is 3.21. The molecule has 9 heteroatoms. The van der Waals surface area contributed by atoms with Crippen molar-refractivity contribution in [1.82, 2.24) is 25.0 Å². The summed E-state index contributed by atoms with van der Waals surface area (Å²) in [5, 5.41) is 17.7. The number of ether oxygens (including phenoxy) is 1. The van der Waals surface area contributed by atoms with Gasteiger partial charge < -0.3 is 20.1 Å². The number of aryl methyl sites for hydroxylation is 2. The fraction of sp³-hybridized carbons (Fsp3) is 0.385. The van der Waals surface area contributed by atoms with Gasteiger partial charge in [0.25, 0.3) is 11.8 Å². The molecule has 3 heterocycles. The van der Waals surface area contributed by atoms with Crippen molar-refractivity contribution in [2.45, 2.75) is 65.9 Å². The van der Waals surface area contributed by atoms with E-state index >= 15 is 0 Å². The molecule has 0 saturated carbocycles. The summed E-state index contributed by atoms with van der Waals surface area (Å²) in [6, 6.07) is 8.41. The van der Waals surface area contributed by atoms with Gasteiger partial charge in [-0.2, -0.15) is 0 Å². The van der Waals surface area contributed by atoms with E-state index in [2.05, 4.69) is 15.4 Å². The van der Waals surface area contributed by atoms with Crippen molar-refractivity contribution >= 4 is 11.8 Å². The van der Waals surface area contributed by atoms with Crippen LogP contribution >= 0.6 is 0 Å². The SMILES string of the molecule is CCn1cc2c(n1)Oc1c(C)ncc(CO)c1C(C(=O)NC(C)(C)C)N(Cc1ccccc1)C2=O. The molecule has 4 rings (SSSR count). The quantitative estimate of drug-likeness (QED) is 0.582. The molecular weight excluding hydrogens is 446 g/mol. The number of amides is 2. The molecular formula is C26H31N5O4. The van der Waals surface area contributed by atoms with Crippen LogP contribution in [0.25, 0.3) is 0 Å². The highest BCUT2D eigenvalue weighted by Crippen LogP contribution is 2.42. The van der Waals surface area contributed by atoms with Gasteiger partial charge in [-0.25, -0.2) is 0 Å². The number of pyridine rings is 1. The van der Waals surface area contributed by atoms with Crippen LogP contribution in [0, 0.1) is 6.92 Å². The predicted octanol–water partition coefficient (Wildman–Crippen LogP) is 3.50. The number of aromatic nitrogens is 3. The Kier molecular flexibility index (Phi) is 6.62. The van der Waals surface area contributed by atoms with Gasteiger partial charge in [0.05, 0.1) is 12.3 Å². The minimum Gasteiger partial charge on any atom is -0.435 e. The number of rotatable bonds is 5. The van der Waals surface area contributed by atoms with E-state index in [0.717, 1.165) is 5.56 Å². The van der Waals surface area contributed by atoms with Crippen molar-refractivity contribution in [3.63, 3.8) is 0 Å². The van der Waals surface area contributed by atoms with Crippen LogP contribution < -0.4 is 10.1 Å². The summed E-state index contributed by atoms with van der Waals surface area (Å²) < 4.78 is 7.81. The van der Waals surface area contributed by atoms with E-state index in [-0.39, 0.29) is 36.4 Å². The van der Waals surface area contributed by atoms with Crippen molar-refractivity contribution < 1.29 is 19.4 Å². The number of fused-ring (bicyclic) bond motifs is 2. The average molecular weight is 478 g/mol. The summed E-state index contributed by atoms with van der Waals surface area (Å²) in [7, 11) is 0. The third-order valence-electron chi connectivity index (χ3n) is 5.77. The van der Waals surface area contributed by atoms with E-state index in [0.29, 0.717) is 29.1 Å². The molecule has 3 aromatic rings. The third kappa shape index (κ3) is 4.90. The molecule has 1 aromatic carbocycles. The van der Waals surface area contributed by atoms with Crippen LogP contribution in [0.2, 0.25) is 0 Å². The van der Waals surface area contributed by atoms with Gasteiger partial charge in [0.15, 0.2) is 5.75 Å². The smallest absolute Gasteiger partial charge is 0.262 e. The van der Waals surface area contributed by atoms with Crippen LogP contribution in [0.15, 0.2) is 42.7 Å². The normalized spacial score (nSPS) is 15.5. The summed E-state index contributed by atoms with van der Waals surface area (Å²) in [5.74, 6) is -0.301. The highest BCUT2D eigenvalue weighted by atomic mass is 16.5. The Hall–Kier alpha value is -3.72. The number of carbonyl (C=O) groups is 2. The number of benzene rings is 1. The Morgan fingerprint density at radius 3 is 2.57 bits per heavy atom. The van der Waals surface area contributed by atoms with Gasteiger partial charge in [-0.15, -0.1) is 5.10 Å². The van der Waals surface area contributed by atoms with Crippen LogP contribution in [0.3, 0.4) is 0 Å². The molecule has 2 amide bonds. The minimum absolute atomic E-state index is 0.144. The first-order valence-corrected chi connectivity index (χ1v) is 11.6. The lowest BCUT2D eigenvalue weighted by Gasteiger charge is -2.36. The molecule has 1 aliphatic heterocycles. The Morgan fingerprint density at radius 1 is 1.23 bits per heavy atom. The Bertz CT molecular complexity index is 1250. The van der Waals surface area contributed by atoms with Crippen molar-refractivity contribution in [3.05, 3.63) is 70.7 Å². The molecule has 0 aliphatic carbocycles. The number of nitrogens with one attached hydrogen (secondary N) is 1. The second kappa shape index (κ2) is 9.50. The van der Waals surface area contributed by atoms with E-state index in [1.807, 2.05) is 58.0 Å². The van der Waals surface area contributed by atoms with Gasteiger partial charge in [-0.05, 0) is 40.2 Å². The van der Waals surface area contributed by atoms with Gasteiger partial charge in [0.1, 0.15) is 11.6 Å². The molecule has 0 radical (unpaired) electrons. The zero-order valence-corrected chi connectivity index (χ0v) is 20.7. The molecule has 2 N–H and O–H groups in total. The van der Waals surface area contributed by atoms with Gasteiger partial charge in [0.2, 0.25) is 5.91 Å².